The quantitative estimate of drug-likeness (QED) is 0.0905. The summed E-state index contributed by atoms with van der Waals surface area (Å²) < 4.78 is 19.0. The number of aromatic nitrogens is 2. The van der Waals surface area contributed by atoms with Crippen molar-refractivity contribution in [2.75, 3.05) is 9.80 Å². The Kier molecular flexibility index (Phi) is 10.1. The number of aromatic carboxylic acids is 4. The van der Waals surface area contributed by atoms with Gasteiger partial charge in [-0.2, -0.15) is 17.5 Å². The van der Waals surface area contributed by atoms with E-state index in [-0.39, 0.29) is 22.3 Å². The molecule has 0 amide bonds. The predicted octanol–water partition coefficient (Wildman–Crippen LogP) is 11.5. The molecule has 302 valence electrons. The lowest BCUT2D eigenvalue weighted by atomic mass is 9.93. The van der Waals surface area contributed by atoms with E-state index in [1.54, 1.807) is 48.5 Å². The van der Waals surface area contributed by atoms with Crippen LogP contribution in [0, 0.1) is 0 Å². The number of anilines is 6. The molecule has 4 N–H and O–H groups in total. The van der Waals surface area contributed by atoms with Gasteiger partial charge in [-0.15, -0.1) is 0 Å². The van der Waals surface area contributed by atoms with Crippen molar-refractivity contribution >= 4 is 103 Å². The van der Waals surface area contributed by atoms with Crippen molar-refractivity contribution in [3.8, 4) is 22.3 Å². The largest absolute Gasteiger partial charge is 0.478 e. The van der Waals surface area contributed by atoms with E-state index in [1.807, 2.05) is 58.3 Å². The lowest BCUT2D eigenvalue weighted by Gasteiger charge is -2.26. The first kappa shape index (κ1) is 39.1. The standard InChI is InChI=1S/C46H28N6O8S2/c53-43(54)27-5-17-33(18-6-27)51(34-19-7-28(8-20-34)44(55)56)31-13-1-25(2-14-31)37-39-41(49-61-47-39)38(42-40(37)48-62-50-42)26-3-15-32(16-4-26)52(35-21-9-29(10-22-35)45(57)58)36-23-11-30(12-24-36)46(59)60/h1-24H,(H,53,54)(H,55,56)(H,57,58)(H,59,60). The Morgan fingerprint density at radius 1 is 0.371 bits per heavy atom. The molecule has 7 aromatic carbocycles. The Balaban J connectivity index is 1.09. The van der Waals surface area contributed by atoms with Gasteiger partial charge in [-0.3, -0.25) is 0 Å². The smallest absolute Gasteiger partial charge is 0.335 e. The second-order valence-corrected chi connectivity index (χ2v) is 14.9. The van der Waals surface area contributed by atoms with E-state index in [2.05, 4.69) is 0 Å². The van der Waals surface area contributed by atoms with Gasteiger partial charge in [-0.25, -0.2) is 19.2 Å². The van der Waals surface area contributed by atoms with Crippen LogP contribution in [0.3, 0.4) is 0 Å². The molecular weight excluding hydrogens is 829 g/mol. The number of hydrogen-bond donors (Lipinski definition) is 4. The predicted molar refractivity (Wildman–Crippen MR) is 237 cm³/mol. The third-order valence-electron chi connectivity index (χ3n) is 10.2. The fourth-order valence-electron chi connectivity index (χ4n) is 7.27. The molecule has 1 aliphatic heterocycles. The summed E-state index contributed by atoms with van der Waals surface area (Å²) in [5.74, 6) is -4.21. The minimum atomic E-state index is -1.05. The average Bonchev–Trinajstić information content (AvgIpc) is 3.98. The minimum Gasteiger partial charge on any atom is -0.478 e. The van der Waals surface area contributed by atoms with E-state index in [1.165, 1.54) is 48.5 Å². The monoisotopic (exact) mass is 856 g/mol. The van der Waals surface area contributed by atoms with Crippen molar-refractivity contribution in [2.24, 2.45) is 8.73 Å². The van der Waals surface area contributed by atoms with Gasteiger partial charge in [0.2, 0.25) is 0 Å². The maximum absolute atomic E-state index is 11.6. The van der Waals surface area contributed by atoms with Gasteiger partial charge in [0.25, 0.3) is 0 Å². The lowest BCUT2D eigenvalue weighted by Crippen LogP contribution is -2.11. The van der Waals surface area contributed by atoms with Crippen molar-refractivity contribution in [1.82, 2.24) is 8.75 Å². The summed E-state index contributed by atoms with van der Waals surface area (Å²) in [6, 6.07) is 41.0. The maximum Gasteiger partial charge on any atom is 0.335 e. The summed E-state index contributed by atoms with van der Waals surface area (Å²) in [7, 11) is 0. The fourth-order valence-corrected chi connectivity index (χ4v) is 8.38. The zero-order valence-corrected chi connectivity index (χ0v) is 33.4. The molecule has 14 nitrogen and oxygen atoms in total. The number of carbonyl (C=O) groups is 4. The van der Waals surface area contributed by atoms with Crippen LogP contribution in [-0.2, 0) is 11.4 Å². The van der Waals surface area contributed by atoms with Crippen LogP contribution in [0.25, 0.3) is 33.3 Å². The number of rotatable bonds is 12. The minimum absolute atomic E-state index is 0.128. The molecule has 0 saturated carbocycles. The van der Waals surface area contributed by atoms with Crippen molar-refractivity contribution < 1.29 is 39.6 Å². The third-order valence-corrected chi connectivity index (χ3v) is 11.3. The summed E-state index contributed by atoms with van der Waals surface area (Å²) in [4.78, 5) is 50.2. The van der Waals surface area contributed by atoms with Crippen LogP contribution in [-0.4, -0.2) is 53.1 Å². The van der Waals surface area contributed by atoms with E-state index < -0.39 is 23.9 Å². The number of carboxylic acids is 4. The second kappa shape index (κ2) is 16.0. The molecule has 0 aliphatic carbocycles. The highest BCUT2D eigenvalue weighted by atomic mass is 32.1. The molecule has 62 heavy (non-hydrogen) atoms. The Morgan fingerprint density at radius 2 is 0.613 bits per heavy atom. The SMILES string of the molecule is O=C(O)c1ccc(N(c2ccc(C(=O)O)cc2)c2ccc(-c3c4c(c(-c5ccc(N(c6ccc(C(=O)O)cc6)c6ccc(C(=O)O)cc6)cc5)c5nsnc35)N=S=N4)cc2)cc1. The van der Waals surface area contributed by atoms with Crippen molar-refractivity contribution in [3.05, 3.63) is 168 Å². The second-order valence-electron chi connectivity index (χ2n) is 13.8. The zero-order valence-electron chi connectivity index (χ0n) is 31.8. The van der Waals surface area contributed by atoms with E-state index >= 15 is 0 Å². The fraction of sp³-hybridized carbons (Fsp3) is 0. The van der Waals surface area contributed by atoms with Crippen LogP contribution in [0.5, 0.6) is 0 Å². The first-order chi connectivity index (χ1) is 30.0. The number of hydrogen-bond acceptors (Lipinski definition) is 11. The van der Waals surface area contributed by atoms with E-state index in [9.17, 15) is 39.6 Å². The molecule has 16 heteroatoms. The van der Waals surface area contributed by atoms with Gasteiger partial charge in [0.15, 0.2) is 0 Å². The number of benzene rings is 7. The molecule has 9 rings (SSSR count). The first-order valence-electron chi connectivity index (χ1n) is 18.6. The Hall–Kier alpha value is -8.34. The number of nitrogens with zero attached hydrogens (tertiary/aromatic N) is 6. The molecule has 1 aliphatic rings. The van der Waals surface area contributed by atoms with Crippen LogP contribution in [0.1, 0.15) is 41.4 Å². The molecule has 0 saturated heterocycles. The van der Waals surface area contributed by atoms with E-state index in [0.717, 1.165) is 56.7 Å². The topological polar surface area (TPSA) is 206 Å². The molecular formula is C46H28N6O8S2. The van der Waals surface area contributed by atoms with Crippen molar-refractivity contribution in [1.29, 1.82) is 0 Å². The van der Waals surface area contributed by atoms with Gasteiger partial charge >= 0.3 is 23.9 Å². The average molecular weight is 857 g/mol. The van der Waals surface area contributed by atoms with Gasteiger partial charge in [0.05, 0.1) is 45.3 Å². The Bertz CT molecular complexity index is 2830. The van der Waals surface area contributed by atoms with Gasteiger partial charge in [0, 0.05) is 45.3 Å². The van der Waals surface area contributed by atoms with Crippen LogP contribution < -0.4 is 9.80 Å². The highest BCUT2D eigenvalue weighted by Gasteiger charge is 2.27. The van der Waals surface area contributed by atoms with E-state index in [4.69, 9.17) is 17.5 Å². The number of carboxylic acid groups (broad SMARTS) is 4. The van der Waals surface area contributed by atoms with Crippen molar-refractivity contribution in [2.45, 2.75) is 0 Å². The molecule has 0 unspecified atom stereocenters. The van der Waals surface area contributed by atoms with Gasteiger partial charge < -0.3 is 30.2 Å². The highest BCUT2D eigenvalue weighted by Crippen LogP contribution is 2.52. The van der Waals surface area contributed by atoms with Gasteiger partial charge in [-0.05, 0) is 132 Å². The van der Waals surface area contributed by atoms with E-state index in [0.29, 0.717) is 45.2 Å². The van der Waals surface area contributed by atoms with Crippen LogP contribution in [0.15, 0.2) is 154 Å². The van der Waals surface area contributed by atoms with Crippen LogP contribution >= 0.6 is 11.7 Å². The Labute approximate surface area is 359 Å². The van der Waals surface area contributed by atoms with Crippen molar-refractivity contribution in [3.63, 3.8) is 0 Å². The maximum atomic E-state index is 11.6. The summed E-state index contributed by atoms with van der Waals surface area (Å²) in [6.07, 6.45) is 0. The third kappa shape index (κ3) is 7.20. The summed E-state index contributed by atoms with van der Waals surface area (Å²) in [5.41, 5.74) is 10.2. The molecule has 1 aromatic heterocycles. The highest BCUT2D eigenvalue weighted by molar-refractivity contribution is 7.58. The van der Waals surface area contributed by atoms with Crippen LogP contribution in [0.2, 0.25) is 0 Å². The molecule has 2 heterocycles. The van der Waals surface area contributed by atoms with Gasteiger partial charge in [0.1, 0.15) is 22.4 Å². The summed E-state index contributed by atoms with van der Waals surface area (Å²) >= 11 is 2.13. The lowest BCUT2D eigenvalue weighted by molar-refractivity contribution is 0.0686. The number of fused-ring (bicyclic) bond motifs is 2. The normalized spacial score (nSPS) is 11.5. The summed E-state index contributed by atoms with van der Waals surface area (Å²) in [6.45, 7) is 0. The van der Waals surface area contributed by atoms with Gasteiger partial charge in [-0.1, -0.05) is 24.3 Å². The molecule has 0 spiro atoms. The molecule has 0 radical (unpaired) electrons. The molecule has 0 fully saturated rings. The molecule has 0 atom stereocenters. The zero-order chi connectivity index (χ0) is 43.1. The summed E-state index contributed by atoms with van der Waals surface area (Å²) in [5, 5.41) is 38.0. The molecule has 0 bridgehead atoms. The first-order valence-corrected chi connectivity index (χ1v) is 20.1. The van der Waals surface area contributed by atoms with Crippen LogP contribution in [0.4, 0.5) is 45.5 Å². The Morgan fingerprint density at radius 3 is 0.855 bits per heavy atom. The molecule has 8 aromatic rings.